The van der Waals surface area contributed by atoms with Crippen LogP contribution in [-0.4, -0.2) is 51.0 Å². The highest BCUT2D eigenvalue weighted by atomic mass is 32.2. The Morgan fingerprint density at radius 2 is 2.09 bits per heavy atom. The molecule has 1 fully saturated rings. The molecule has 1 atom stereocenters. The summed E-state index contributed by atoms with van der Waals surface area (Å²) in [4.78, 5) is 13.5. The van der Waals surface area contributed by atoms with Crippen LogP contribution in [0.1, 0.15) is 19.4 Å². The molecular weight excluding hydrogens is 304 g/mol. The van der Waals surface area contributed by atoms with E-state index in [1.54, 1.807) is 17.0 Å². The lowest BCUT2D eigenvalue weighted by Crippen LogP contribution is -2.44. The van der Waals surface area contributed by atoms with Crippen LogP contribution in [0, 0.1) is 0 Å². The van der Waals surface area contributed by atoms with E-state index in [0.717, 1.165) is 17.7 Å². The Balaban J connectivity index is 1.95. The van der Waals surface area contributed by atoms with E-state index in [2.05, 4.69) is 0 Å². The number of benzene rings is 1. The van der Waals surface area contributed by atoms with Gasteiger partial charge in [-0.3, -0.25) is 4.79 Å². The number of amides is 1. The van der Waals surface area contributed by atoms with E-state index in [0.29, 0.717) is 26.2 Å². The molecule has 2 aliphatic heterocycles. The quantitative estimate of drug-likeness (QED) is 0.814. The summed E-state index contributed by atoms with van der Waals surface area (Å²) >= 11 is 0. The van der Waals surface area contributed by atoms with Gasteiger partial charge in [0.15, 0.2) is 0 Å². The van der Waals surface area contributed by atoms with Crippen LogP contribution in [0.25, 0.3) is 0 Å². The van der Waals surface area contributed by atoms with Gasteiger partial charge in [0.2, 0.25) is 15.9 Å². The number of fused-ring (bicyclic) bond motifs is 1. The second-order valence-corrected chi connectivity index (χ2v) is 7.69. The second-order valence-electron chi connectivity index (χ2n) is 5.76. The maximum Gasteiger partial charge on any atom is 0.243 e. The number of rotatable bonds is 2. The van der Waals surface area contributed by atoms with Crippen molar-refractivity contribution in [1.82, 2.24) is 4.31 Å². The van der Waals surface area contributed by atoms with E-state index >= 15 is 0 Å². The number of carbonyl (C=O) groups excluding carboxylic acids is 1. The largest absolute Gasteiger partial charge is 0.376 e. The third-order valence-corrected chi connectivity index (χ3v) is 6.04. The summed E-state index contributed by atoms with van der Waals surface area (Å²) in [6, 6.07) is 5.08. The molecule has 120 valence electrons. The highest BCUT2D eigenvalue weighted by Gasteiger charge is 2.31. The van der Waals surface area contributed by atoms with Gasteiger partial charge in [0.25, 0.3) is 0 Å². The predicted molar refractivity (Wildman–Crippen MR) is 82.3 cm³/mol. The third-order valence-electron chi connectivity index (χ3n) is 4.17. The number of anilines is 1. The van der Waals surface area contributed by atoms with Crippen molar-refractivity contribution in [3.05, 3.63) is 23.8 Å². The van der Waals surface area contributed by atoms with Crippen LogP contribution < -0.4 is 4.90 Å². The van der Waals surface area contributed by atoms with Crippen LogP contribution in [0.15, 0.2) is 23.1 Å². The predicted octanol–water partition coefficient (Wildman–Crippen LogP) is 1.00. The molecule has 0 aromatic heterocycles. The monoisotopic (exact) mass is 324 g/mol. The van der Waals surface area contributed by atoms with Gasteiger partial charge in [0.1, 0.15) is 0 Å². The van der Waals surface area contributed by atoms with E-state index < -0.39 is 10.0 Å². The van der Waals surface area contributed by atoms with Crippen LogP contribution >= 0.6 is 0 Å². The molecule has 1 aromatic carbocycles. The zero-order chi connectivity index (χ0) is 15.9. The lowest BCUT2D eigenvalue weighted by Gasteiger charge is -2.30. The highest BCUT2D eigenvalue weighted by molar-refractivity contribution is 7.89. The lowest BCUT2D eigenvalue weighted by atomic mass is 10.2. The van der Waals surface area contributed by atoms with Crippen molar-refractivity contribution >= 4 is 21.6 Å². The molecule has 1 amide bonds. The van der Waals surface area contributed by atoms with Crippen molar-refractivity contribution in [3.63, 3.8) is 0 Å². The third kappa shape index (κ3) is 2.64. The minimum Gasteiger partial charge on any atom is -0.376 e. The Morgan fingerprint density at radius 1 is 1.32 bits per heavy atom. The fourth-order valence-corrected chi connectivity index (χ4v) is 4.52. The Morgan fingerprint density at radius 3 is 2.77 bits per heavy atom. The number of hydrogen-bond acceptors (Lipinski definition) is 4. The topological polar surface area (TPSA) is 66.9 Å². The molecule has 7 heteroatoms. The fraction of sp³-hybridized carbons (Fsp3) is 0.533. The zero-order valence-electron chi connectivity index (χ0n) is 12.8. The van der Waals surface area contributed by atoms with Gasteiger partial charge in [-0.2, -0.15) is 4.31 Å². The first-order valence-corrected chi connectivity index (χ1v) is 8.86. The summed E-state index contributed by atoms with van der Waals surface area (Å²) in [6.07, 6.45) is 0.663. The molecule has 0 aliphatic carbocycles. The van der Waals surface area contributed by atoms with Crippen molar-refractivity contribution in [2.24, 2.45) is 0 Å². The molecule has 0 bridgehead atoms. The molecule has 0 spiro atoms. The number of sulfonamides is 1. The maximum atomic E-state index is 12.8. The van der Waals surface area contributed by atoms with Crippen LogP contribution in [-0.2, 0) is 26.0 Å². The standard InChI is InChI=1S/C15H20N2O4S/c1-11-10-16(7-8-21-11)22(19,20)14-4-3-13-5-6-17(12(2)18)15(13)9-14/h3-4,9,11H,5-8,10H2,1-2H3/t11-/m0/s1. The molecule has 0 radical (unpaired) electrons. The number of nitrogens with zero attached hydrogens (tertiary/aromatic N) is 2. The summed E-state index contributed by atoms with van der Waals surface area (Å²) in [5.74, 6) is -0.0618. The average Bonchev–Trinajstić information content (AvgIpc) is 2.90. The summed E-state index contributed by atoms with van der Waals surface area (Å²) in [5, 5.41) is 0. The van der Waals surface area contributed by atoms with Gasteiger partial charge in [-0.05, 0) is 31.0 Å². The minimum absolute atomic E-state index is 0.0618. The molecule has 2 aliphatic rings. The van der Waals surface area contributed by atoms with Gasteiger partial charge < -0.3 is 9.64 Å². The van der Waals surface area contributed by atoms with E-state index in [1.165, 1.54) is 11.2 Å². The molecule has 0 saturated carbocycles. The summed E-state index contributed by atoms with van der Waals surface area (Å²) in [6.45, 7) is 5.10. The maximum absolute atomic E-state index is 12.8. The van der Waals surface area contributed by atoms with Crippen molar-refractivity contribution in [3.8, 4) is 0 Å². The Labute approximate surface area is 130 Å². The Kier molecular flexibility index (Phi) is 3.96. The van der Waals surface area contributed by atoms with Crippen molar-refractivity contribution < 1.29 is 17.9 Å². The molecular formula is C15H20N2O4S. The molecule has 1 saturated heterocycles. The van der Waals surface area contributed by atoms with Gasteiger partial charge in [0.05, 0.1) is 17.6 Å². The van der Waals surface area contributed by atoms with Gasteiger partial charge in [0, 0.05) is 32.2 Å². The first-order chi connectivity index (χ1) is 10.4. The Bertz CT molecular complexity index is 701. The van der Waals surface area contributed by atoms with Crippen LogP contribution in [0.2, 0.25) is 0 Å². The van der Waals surface area contributed by atoms with E-state index in [9.17, 15) is 13.2 Å². The number of hydrogen-bond donors (Lipinski definition) is 0. The lowest BCUT2D eigenvalue weighted by molar-refractivity contribution is -0.116. The molecule has 22 heavy (non-hydrogen) atoms. The van der Waals surface area contributed by atoms with Gasteiger partial charge in [-0.1, -0.05) is 6.07 Å². The number of carbonyl (C=O) groups is 1. The first kappa shape index (κ1) is 15.5. The zero-order valence-corrected chi connectivity index (χ0v) is 13.6. The van der Waals surface area contributed by atoms with E-state index in [-0.39, 0.29) is 16.9 Å². The summed E-state index contributed by atoms with van der Waals surface area (Å²) in [5.41, 5.74) is 1.74. The second kappa shape index (κ2) is 5.64. The van der Waals surface area contributed by atoms with Crippen LogP contribution in [0.3, 0.4) is 0 Å². The first-order valence-electron chi connectivity index (χ1n) is 7.42. The fourth-order valence-electron chi connectivity index (χ4n) is 3.00. The van der Waals surface area contributed by atoms with Gasteiger partial charge >= 0.3 is 0 Å². The SMILES string of the molecule is CC(=O)N1CCc2ccc(S(=O)(=O)N3CCO[C@@H](C)C3)cc21. The van der Waals surface area contributed by atoms with Crippen molar-refractivity contribution in [2.45, 2.75) is 31.3 Å². The average molecular weight is 324 g/mol. The van der Waals surface area contributed by atoms with E-state index in [1.807, 2.05) is 13.0 Å². The molecule has 0 N–H and O–H groups in total. The van der Waals surface area contributed by atoms with Gasteiger partial charge in [-0.15, -0.1) is 0 Å². The normalized spacial score (nSPS) is 22.6. The van der Waals surface area contributed by atoms with Crippen molar-refractivity contribution in [1.29, 1.82) is 0 Å². The molecule has 3 rings (SSSR count). The number of ether oxygens (including phenoxy) is 1. The van der Waals surface area contributed by atoms with Crippen LogP contribution in [0.5, 0.6) is 0 Å². The van der Waals surface area contributed by atoms with Crippen molar-refractivity contribution in [2.75, 3.05) is 31.1 Å². The molecule has 1 aromatic rings. The van der Waals surface area contributed by atoms with Gasteiger partial charge in [-0.25, -0.2) is 8.42 Å². The molecule has 6 nitrogen and oxygen atoms in total. The van der Waals surface area contributed by atoms with E-state index in [4.69, 9.17) is 4.74 Å². The Hall–Kier alpha value is -1.44. The minimum atomic E-state index is -3.55. The summed E-state index contributed by atoms with van der Waals surface area (Å²) in [7, 11) is -3.55. The number of morpholine rings is 1. The van der Waals surface area contributed by atoms with Crippen LogP contribution in [0.4, 0.5) is 5.69 Å². The molecule has 0 unspecified atom stereocenters. The highest BCUT2D eigenvalue weighted by Crippen LogP contribution is 2.31. The molecule has 2 heterocycles. The smallest absolute Gasteiger partial charge is 0.243 e. The summed E-state index contributed by atoms with van der Waals surface area (Å²) < 4.78 is 32.4.